The standard InChI is InChI=1S/C26H23ClF3N5O4S/c1-38-19-5-3-4-16(22(19)39-2)23-17-12-14(27)6-7-18(17)35-24(31-32-25(35)26(28,29)30)20(40-23)9-11-34-10-8-15(33-34)13-21(36)37/h3-8,10,12,20,23H,9,11,13H2,1-2H3,(H,36,37)/t20-,23-/m0/s1. The molecule has 1 N–H and O–H groups in total. The lowest BCUT2D eigenvalue weighted by molar-refractivity contribution is -0.146. The lowest BCUT2D eigenvalue weighted by atomic mass is 10.0. The van der Waals surface area contributed by atoms with Crippen molar-refractivity contribution in [1.82, 2.24) is 24.5 Å². The number of hydrogen-bond donors (Lipinski definition) is 1. The van der Waals surface area contributed by atoms with Gasteiger partial charge in [-0.25, -0.2) is 0 Å². The van der Waals surface area contributed by atoms with E-state index in [9.17, 15) is 18.0 Å². The van der Waals surface area contributed by atoms with E-state index in [1.165, 1.54) is 38.1 Å². The number of fused-ring (bicyclic) bond motifs is 3. The van der Waals surface area contributed by atoms with Gasteiger partial charge in [0.05, 0.1) is 42.5 Å². The molecule has 3 heterocycles. The number of carboxylic acids is 1. The number of aliphatic carboxylic acids is 1. The lowest BCUT2D eigenvalue weighted by Gasteiger charge is -2.24. The first kappa shape index (κ1) is 27.8. The van der Waals surface area contributed by atoms with Crippen LogP contribution in [-0.4, -0.2) is 49.8 Å². The largest absolute Gasteiger partial charge is 0.493 e. The fourth-order valence-electron chi connectivity index (χ4n) is 4.75. The summed E-state index contributed by atoms with van der Waals surface area (Å²) < 4.78 is 56.4. The number of methoxy groups -OCH3 is 2. The SMILES string of the molecule is COc1cccc([C@@H]2S[C@@H](CCn3ccc(CC(=O)O)n3)c3nnc(C(F)(F)F)n3-c3ccc(Cl)cc32)c1OC. The van der Waals surface area contributed by atoms with E-state index in [4.69, 9.17) is 26.2 Å². The predicted octanol–water partition coefficient (Wildman–Crippen LogP) is 5.75. The maximum Gasteiger partial charge on any atom is 0.452 e. The molecule has 0 fully saturated rings. The van der Waals surface area contributed by atoms with Gasteiger partial charge in [0.2, 0.25) is 5.82 Å². The van der Waals surface area contributed by atoms with E-state index < -0.39 is 28.5 Å². The Bertz CT molecular complexity index is 1560. The molecule has 5 rings (SSSR count). The fraction of sp³-hybridized carbons (Fsp3) is 0.308. The van der Waals surface area contributed by atoms with Gasteiger partial charge in [-0.2, -0.15) is 18.3 Å². The highest BCUT2D eigenvalue weighted by atomic mass is 35.5. The first-order valence-corrected chi connectivity index (χ1v) is 13.4. The second-order valence-corrected chi connectivity index (χ2v) is 10.7. The number of aryl methyl sites for hydroxylation is 1. The molecule has 0 saturated heterocycles. The summed E-state index contributed by atoms with van der Waals surface area (Å²) in [7, 11) is 3.01. The van der Waals surface area contributed by atoms with Crippen LogP contribution in [0.5, 0.6) is 11.5 Å². The van der Waals surface area contributed by atoms with Crippen LogP contribution in [0.15, 0.2) is 48.7 Å². The van der Waals surface area contributed by atoms with Crippen LogP contribution in [0.1, 0.15) is 45.4 Å². The van der Waals surface area contributed by atoms with Gasteiger partial charge in [0.1, 0.15) is 0 Å². The van der Waals surface area contributed by atoms with Gasteiger partial charge in [-0.3, -0.25) is 14.0 Å². The summed E-state index contributed by atoms with van der Waals surface area (Å²) in [6.07, 6.45) is -3.04. The summed E-state index contributed by atoms with van der Waals surface area (Å²) in [5.41, 5.74) is 1.85. The summed E-state index contributed by atoms with van der Waals surface area (Å²) in [6.45, 7) is 0.296. The summed E-state index contributed by atoms with van der Waals surface area (Å²) in [5, 5.41) is 20.2. The minimum atomic E-state index is -4.77. The van der Waals surface area contributed by atoms with Crippen LogP contribution in [0.25, 0.3) is 5.69 Å². The van der Waals surface area contributed by atoms with Crippen molar-refractivity contribution in [2.45, 2.75) is 36.1 Å². The highest BCUT2D eigenvalue weighted by molar-refractivity contribution is 8.00. The predicted molar refractivity (Wildman–Crippen MR) is 141 cm³/mol. The molecule has 0 spiro atoms. The van der Waals surface area contributed by atoms with Crippen LogP contribution >= 0.6 is 23.4 Å². The van der Waals surface area contributed by atoms with Gasteiger partial charge in [0, 0.05) is 23.3 Å². The Morgan fingerprint density at radius 1 is 1.12 bits per heavy atom. The molecule has 9 nitrogen and oxygen atoms in total. The maximum atomic E-state index is 14.2. The Morgan fingerprint density at radius 2 is 1.93 bits per heavy atom. The van der Waals surface area contributed by atoms with E-state index in [1.54, 1.807) is 35.1 Å². The molecule has 1 aliphatic heterocycles. The van der Waals surface area contributed by atoms with Gasteiger partial charge in [0.25, 0.3) is 0 Å². The van der Waals surface area contributed by atoms with E-state index in [0.29, 0.717) is 46.3 Å². The monoisotopic (exact) mass is 593 g/mol. The Labute approximate surface area is 235 Å². The van der Waals surface area contributed by atoms with Crippen molar-refractivity contribution < 1.29 is 32.5 Å². The normalized spacial score (nSPS) is 16.6. The molecule has 2 aromatic heterocycles. The summed E-state index contributed by atoms with van der Waals surface area (Å²) >= 11 is 7.77. The summed E-state index contributed by atoms with van der Waals surface area (Å²) in [5.74, 6) is -1.10. The number of carboxylic acid groups (broad SMARTS) is 1. The van der Waals surface area contributed by atoms with E-state index in [1.807, 2.05) is 6.07 Å². The number of benzene rings is 2. The van der Waals surface area contributed by atoms with Crippen molar-refractivity contribution in [2.24, 2.45) is 0 Å². The van der Waals surface area contributed by atoms with Crippen LogP contribution in [0.4, 0.5) is 13.2 Å². The van der Waals surface area contributed by atoms with Crippen molar-refractivity contribution in [3.8, 4) is 17.2 Å². The van der Waals surface area contributed by atoms with Crippen LogP contribution in [0.3, 0.4) is 0 Å². The average molecular weight is 594 g/mol. The second-order valence-electron chi connectivity index (χ2n) is 8.93. The fourth-order valence-corrected chi connectivity index (χ4v) is 6.44. The smallest absolute Gasteiger partial charge is 0.452 e. The third-order valence-electron chi connectivity index (χ3n) is 6.41. The molecule has 0 bridgehead atoms. The van der Waals surface area contributed by atoms with Gasteiger partial charge < -0.3 is 14.6 Å². The zero-order valence-corrected chi connectivity index (χ0v) is 22.8. The molecule has 14 heteroatoms. The topological polar surface area (TPSA) is 104 Å². The van der Waals surface area contributed by atoms with Crippen LogP contribution < -0.4 is 9.47 Å². The number of carbonyl (C=O) groups is 1. The van der Waals surface area contributed by atoms with Gasteiger partial charge in [-0.05, 0) is 42.3 Å². The van der Waals surface area contributed by atoms with E-state index in [2.05, 4.69) is 15.3 Å². The Morgan fingerprint density at radius 3 is 2.62 bits per heavy atom. The highest BCUT2D eigenvalue weighted by Gasteiger charge is 2.43. The van der Waals surface area contributed by atoms with Crippen LogP contribution in [-0.2, 0) is 23.9 Å². The van der Waals surface area contributed by atoms with Crippen molar-refractivity contribution in [1.29, 1.82) is 0 Å². The molecule has 40 heavy (non-hydrogen) atoms. The number of ether oxygens (including phenoxy) is 2. The number of para-hydroxylation sites is 1. The zero-order valence-electron chi connectivity index (χ0n) is 21.2. The minimum Gasteiger partial charge on any atom is -0.493 e. The van der Waals surface area contributed by atoms with Gasteiger partial charge in [-0.1, -0.05) is 23.7 Å². The molecular weight excluding hydrogens is 571 g/mol. The molecule has 2 atom stereocenters. The molecule has 210 valence electrons. The van der Waals surface area contributed by atoms with Gasteiger partial charge in [-0.15, -0.1) is 22.0 Å². The van der Waals surface area contributed by atoms with E-state index in [0.717, 1.165) is 4.57 Å². The number of aromatic nitrogens is 5. The zero-order chi connectivity index (χ0) is 28.6. The number of rotatable bonds is 8. The number of alkyl halides is 3. The quantitative estimate of drug-likeness (QED) is 0.275. The number of nitrogens with zero attached hydrogens (tertiary/aromatic N) is 5. The second kappa shape index (κ2) is 11.0. The Balaban J connectivity index is 1.65. The molecule has 0 saturated carbocycles. The molecular formula is C26H23ClF3N5O4S. The average Bonchev–Trinajstić information content (AvgIpc) is 3.52. The molecule has 0 unspecified atom stereocenters. The number of thioether (sulfide) groups is 1. The van der Waals surface area contributed by atoms with E-state index >= 15 is 0 Å². The maximum absolute atomic E-state index is 14.2. The number of halogens is 4. The minimum absolute atomic E-state index is 0.128. The summed E-state index contributed by atoms with van der Waals surface area (Å²) in [4.78, 5) is 11.1. The molecule has 0 amide bonds. The molecule has 0 aliphatic carbocycles. The molecule has 2 aromatic carbocycles. The van der Waals surface area contributed by atoms with Crippen molar-refractivity contribution in [3.05, 3.63) is 82.2 Å². The summed E-state index contributed by atoms with van der Waals surface area (Å²) in [6, 6.07) is 11.7. The highest BCUT2D eigenvalue weighted by Crippen LogP contribution is 2.54. The van der Waals surface area contributed by atoms with Crippen molar-refractivity contribution >= 4 is 29.3 Å². The van der Waals surface area contributed by atoms with Crippen LogP contribution in [0, 0.1) is 0 Å². The van der Waals surface area contributed by atoms with Crippen molar-refractivity contribution in [3.63, 3.8) is 0 Å². The molecule has 4 aromatic rings. The van der Waals surface area contributed by atoms with Gasteiger partial charge in [0.15, 0.2) is 17.3 Å². The Kier molecular flexibility index (Phi) is 7.69. The molecule has 0 radical (unpaired) electrons. The van der Waals surface area contributed by atoms with Gasteiger partial charge >= 0.3 is 12.1 Å². The third-order valence-corrected chi connectivity index (χ3v) is 8.20. The van der Waals surface area contributed by atoms with E-state index in [-0.39, 0.29) is 17.9 Å². The van der Waals surface area contributed by atoms with Crippen molar-refractivity contribution in [2.75, 3.05) is 14.2 Å². The first-order chi connectivity index (χ1) is 19.1. The number of hydrogen-bond acceptors (Lipinski definition) is 7. The Hall–Kier alpha value is -3.71. The van der Waals surface area contributed by atoms with Crippen LogP contribution in [0.2, 0.25) is 5.02 Å². The molecule has 1 aliphatic rings. The first-order valence-electron chi connectivity index (χ1n) is 12.0. The lowest BCUT2D eigenvalue weighted by Crippen LogP contribution is -2.16. The third kappa shape index (κ3) is 5.35.